The van der Waals surface area contributed by atoms with Gasteiger partial charge in [0, 0.05) is 5.88 Å². The van der Waals surface area contributed by atoms with Gasteiger partial charge in [-0.1, -0.05) is 37.6 Å². The van der Waals surface area contributed by atoms with E-state index in [-0.39, 0.29) is 10.7 Å². The Morgan fingerprint density at radius 3 is 2.33 bits per heavy atom. The molecular weight excluding hydrogens is 387 g/mol. The summed E-state index contributed by atoms with van der Waals surface area (Å²) in [6.07, 6.45) is 4.19. The van der Waals surface area contributed by atoms with Crippen molar-refractivity contribution >= 4 is 27.3 Å². The SMILES string of the molecule is CCCCc1ccc(S(=O)(=O)N/N=C(/CCCCl)c2ccc(F)cc2)cc1. The van der Waals surface area contributed by atoms with Crippen molar-refractivity contribution in [3.05, 3.63) is 65.5 Å². The molecule has 146 valence electrons. The van der Waals surface area contributed by atoms with Gasteiger partial charge >= 0.3 is 0 Å². The summed E-state index contributed by atoms with van der Waals surface area (Å²) in [4.78, 5) is 2.44. The van der Waals surface area contributed by atoms with Crippen LogP contribution >= 0.6 is 11.6 Å². The van der Waals surface area contributed by atoms with E-state index >= 15 is 0 Å². The topological polar surface area (TPSA) is 58.5 Å². The summed E-state index contributed by atoms with van der Waals surface area (Å²) in [6.45, 7) is 2.11. The van der Waals surface area contributed by atoms with Crippen molar-refractivity contribution in [2.75, 3.05) is 5.88 Å². The summed E-state index contributed by atoms with van der Waals surface area (Å²) in [5, 5.41) is 4.08. The molecule has 0 fully saturated rings. The molecular formula is C20H24ClFN2O2S. The third-order valence-corrected chi connectivity index (χ3v) is 5.57. The van der Waals surface area contributed by atoms with Crippen LogP contribution in [0.3, 0.4) is 0 Å². The minimum absolute atomic E-state index is 0.155. The van der Waals surface area contributed by atoms with Gasteiger partial charge in [-0.25, -0.2) is 4.39 Å². The first kappa shape index (κ1) is 21.4. The summed E-state index contributed by atoms with van der Waals surface area (Å²) < 4.78 is 38.2. The number of halogens is 2. The monoisotopic (exact) mass is 410 g/mol. The molecule has 0 aliphatic heterocycles. The van der Waals surface area contributed by atoms with Crippen molar-refractivity contribution in [3.63, 3.8) is 0 Å². The highest BCUT2D eigenvalue weighted by Crippen LogP contribution is 2.14. The first-order chi connectivity index (χ1) is 13.0. The predicted octanol–water partition coefficient (Wildman–Crippen LogP) is 4.87. The number of sulfonamides is 1. The molecule has 1 N–H and O–H groups in total. The maximum atomic E-state index is 13.1. The molecule has 0 saturated carbocycles. The van der Waals surface area contributed by atoms with Crippen molar-refractivity contribution in [3.8, 4) is 0 Å². The smallest absolute Gasteiger partial charge is 0.207 e. The van der Waals surface area contributed by atoms with E-state index in [0.717, 1.165) is 24.8 Å². The highest BCUT2D eigenvalue weighted by atomic mass is 35.5. The van der Waals surface area contributed by atoms with Gasteiger partial charge in [-0.3, -0.25) is 0 Å². The maximum absolute atomic E-state index is 13.1. The molecule has 0 aromatic heterocycles. The first-order valence-corrected chi connectivity index (χ1v) is 11.0. The molecule has 0 spiro atoms. The Morgan fingerprint density at radius 2 is 1.74 bits per heavy atom. The van der Waals surface area contributed by atoms with Crippen molar-refractivity contribution in [2.45, 2.75) is 43.9 Å². The number of hydrogen-bond donors (Lipinski definition) is 1. The summed E-state index contributed by atoms with van der Waals surface area (Å²) >= 11 is 5.74. The fourth-order valence-corrected chi connectivity index (χ4v) is 3.49. The molecule has 2 rings (SSSR count). The Hall–Kier alpha value is -1.92. The summed E-state index contributed by atoms with van der Waals surface area (Å²) in [7, 11) is -3.78. The molecule has 0 bridgehead atoms. The largest absolute Gasteiger partial charge is 0.276 e. The van der Waals surface area contributed by atoms with Gasteiger partial charge in [0.05, 0.1) is 10.6 Å². The zero-order valence-corrected chi connectivity index (χ0v) is 16.9. The number of rotatable bonds is 10. The number of aryl methyl sites for hydroxylation is 1. The van der Waals surface area contributed by atoms with Crippen LogP contribution in [0.2, 0.25) is 0 Å². The second-order valence-electron chi connectivity index (χ2n) is 6.20. The summed E-state index contributed by atoms with van der Waals surface area (Å²) in [5.74, 6) is 0.0609. The number of alkyl halides is 1. The highest BCUT2D eigenvalue weighted by Gasteiger charge is 2.14. The van der Waals surface area contributed by atoms with Crippen LogP contribution in [-0.2, 0) is 16.4 Å². The molecule has 0 aliphatic carbocycles. The Morgan fingerprint density at radius 1 is 1.07 bits per heavy atom. The lowest BCUT2D eigenvalue weighted by atomic mass is 10.1. The van der Waals surface area contributed by atoms with Gasteiger partial charge in [0.25, 0.3) is 10.0 Å². The predicted molar refractivity (Wildman–Crippen MR) is 108 cm³/mol. The van der Waals surface area contributed by atoms with Crippen LogP contribution in [0.5, 0.6) is 0 Å². The van der Waals surface area contributed by atoms with E-state index in [4.69, 9.17) is 11.6 Å². The second-order valence-corrected chi connectivity index (χ2v) is 8.24. The van der Waals surface area contributed by atoms with Gasteiger partial charge in [-0.05, 0) is 61.1 Å². The van der Waals surface area contributed by atoms with E-state index in [1.54, 1.807) is 24.3 Å². The number of nitrogens with zero attached hydrogens (tertiary/aromatic N) is 1. The van der Waals surface area contributed by atoms with Gasteiger partial charge < -0.3 is 0 Å². The summed E-state index contributed by atoms with van der Waals surface area (Å²) in [5.41, 5.74) is 2.27. The minimum atomic E-state index is -3.78. The molecule has 2 aromatic rings. The first-order valence-electron chi connectivity index (χ1n) is 8.95. The molecule has 2 aromatic carbocycles. The summed E-state index contributed by atoms with van der Waals surface area (Å²) in [6, 6.07) is 12.6. The molecule has 0 saturated heterocycles. The average molecular weight is 411 g/mol. The number of hydrogen-bond acceptors (Lipinski definition) is 3. The quantitative estimate of drug-likeness (QED) is 0.345. The van der Waals surface area contributed by atoms with Crippen molar-refractivity contribution < 1.29 is 12.8 Å². The van der Waals surface area contributed by atoms with Gasteiger partial charge in [0.1, 0.15) is 5.82 Å². The van der Waals surface area contributed by atoms with Crippen LogP contribution in [0, 0.1) is 5.82 Å². The standard InChI is InChI=1S/C20H24ClFN2O2S/c1-2-3-5-16-7-13-19(14-8-16)27(25,26)24-23-20(6-4-15-21)17-9-11-18(22)12-10-17/h7-14,24H,2-6,15H2,1H3/b23-20-. The van der Waals surface area contributed by atoms with Gasteiger partial charge in [0.2, 0.25) is 0 Å². The van der Waals surface area contributed by atoms with E-state index in [1.807, 2.05) is 12.1 Å². The normalized spacial score (nSPS) is 12.2. The lowest BCUT2D eigenvalue weighted by Crippen LogP contribution is -2.21. The molecule has 0 aliphatic rings. The zero-order valence-electron chi connectivity index (χ0n) is 15.3. The molecule has 0 heterocycles. The highest BCUT2D eigenvalue weighted by molar-refractivity contribution is 7.89. The third-order valence-electron chi connectivity index (χ3n) is 4.08. The number of hydrazone groups is 1. The van der Waals surface area contributed by atoms with E-state index < -0.39 is 10.0 Å². The third kappa shape index (κ3) is 6.63. The van der Waals surface area contributed by atoms with Crippen LogP contribution in [0.15, 0.2) is 58.5 Å². The molecule has 27 heavy (non-hydrogen) atoms. The van der Waals surface area contributed by atoms with E-state index in [2.05, 4.69) is 16.9 Å². The molecule has 0 atom stereocenters. The zero-order chi connectivity index (χ0) is 19.7. The van der Waals surface area contributed by atoms with E-state index in [9.17, 15) is 12.8 Å². The maximum Gasteiger partial charge on any atom is 0.276 e. The lowest BCUT2D eigenvalue weighted by molar-refractivity contribution is 0.584. The van der Waals surface area contributed by atoms with Crippen LogP contribution in [-0.4, -0.2) is 20.0 Å². The molecule has 7 heteroatoms. The molecule has 4 nitrogen and oxygen atoms in total. The number of benzene rings is 2. The van der Waals surface area contributed by atoms with Crippen LogP contribution in [0.25, 0.3) is 0 Å². The minimum Gasteiger partial charge on any atom is -0.207 e. The van der Waals surface area contributed by atoms with Gasteiger partial charge in [-0.15, -0.1) is 11.6 Å². The Labute approximate surface area is 165 Å². The average Bonchev–Trinajstić information content (AvgIpc) is 2.67. The fourth-order valence-electron chi connectivity index (χ4n) is 2.53. The number of nitrogens with one attached hydrogen (secondary N) is 1. The lowest BCUT2D eigenvalue weighted by Gasteiger charge is -2.09. The number of unbranched alkanes of at least 4 members (excludes halogenated alkanes) is 1. The Kier molecular flexibility index (Phi) is 8.25. The van der Waals surface area contributed by atoms with Crippen LogP contribution < -0.4 is 4.83 Å². The van der Waals surface area contributed by atoms with Crippen LogP contribution in [0.4, 0.5) is 4.39 Å². The second kappa shape index (κ2) is 10.4. The fraction of sp³-hybridized carbons (Fsp3) is 0.350. The van der Waals surface area contributed by atoms with Crippen molar-refractivity contribution in [1.82, 2.24) is 4.83 Å². The molecule has 0 unspecified atom stereocenters. The Bertz CT molecular complexity index is 851. The molecule has 0 radical (unpaired) electrons. The van der Waals surface area contributed by atoms with E-state index in [1.165, 1.54) is 12.1 Å². The van der Waals surface area contributed by atoms with Gasteiger partial charge in [0.15, 0.2) is 0 Å². The van der Waals surface area contributed by atoms with Crippen LogP contribution in [0.1, 0.15) is 43.7 Å². The van der Waals surface area contributed by atoms with Gasteiger partial charge in [-0.2, -0.15) is 18.4 Å². The van der Waals surface area contributed by atoms with E-state index in [0.29, 0.717) is 30.0 Å². The molecule has 0 amide bonds. The van der Waals surface area contributed by atoms with Crippen molar-refractivity contribution in [2.24, 2.45) is 5.10 Å². The Balaban J connectivity index is 2.18. The van der Waals surface area contributed by atoms with Crippen molar-refractivity contribution in [1.29, 1.82) is 0 Å².